The Kier molecular flexibility index (Phi) is 2.75. The van der Waals surface area contributed by atoms with Gasteiger partial charge in [0, 0.05) is 6.54 Å². The molecule has 0 amide bonds. The van der Waals surface area contributed by atoms with E-state index in [-0.39, 0.29) is 24.1 Å². The van der Waals surface area contributed by atoms with Gasteiger partial charge in [0.05, 0.1) is 24.9 Å². The summed E-state index contributed by atoms with van der Waals surface area (Å²) in [7, 11) is 0. The molecule has 3 nitrogen and oxygen atoms in total. The van der Waals surface area contributed by atoms with E-state index < -0.39 is 0 Å². The van der Waals surface area contributed by atoms with Crippen molar-refractivity contribution in [2.24, 2.45) is 5.73 Å². The second-order valence-electron chi connectivity index (χ2n) is 3.17. The Hall–Kier alpha value is 0.170. The summed E-state index contributed by atoms with van der Waals surface area (Å²) >= 11 is 0. The maximum atomic E-state index is 5.68. The lowest BCUT2D eigenvalue weighted by molar-refractivity contribution is -0.148. The molecule has 0 radical (unpaired) electrons. The van der Waals surface area contributed by atoms with Crippen LogP contribution in [-0.4, -0.2) is 31.5 Å². The predicted octanol–water partition coefficient (Wildman–Crippen LogP) is 0.315. The zero-order valence-electron chi connectivity index (χ0n) is 6.41. The van der Waals surface area contributed by atoms with Crippen LogP contribution in [-0.2, 0) is 9.47 Å². The Morgan fingerprint density at radius 2 is 2.18 bits per heavy atom. The molecule has 4 heteroatoms. The van der Waals surface area contributed by atoms with E-state index in [2.05, 4.69) is 0 Å². The Labute approximate surface area is 72.6 Å². The van der Waals surface area contributed by atoms with Gasteiger partial charge in [0.1, 0.15) is 0 Å². The summed E-state index contributed by atoms with van der Waals surface area (Å²) in [6.07, 6.45) is 2.46. The van der Waals surface area contributed by atoms with Crippen molar-refractivity contribution in [3.05, 3.63) is 0 Å². The van der Waals surface area contributed by atoms with Crippen molar-refractivity contribution < 1.29 is 9.47 Å². The molecule has 1 atom stereocenters. The summed E-state index contributed by atoms with van der Waals surface area (Å²) in [4.78, 5) is 0. The van der Waals surface area contributed by atoms with Gasteiger partial charge in [0.2, 0.25) is 0 Å². The van der Waals surface area contributed by atoms with Gasteiger partial charge in [-0.05, 0) is 12.8 Å². The fourth-order valence-electron chi connectivity index (χ4n) is 1.32. The van der Waals surface area contributed by atoms with E-state index in [1.165, 1.54) is 0 Å². The molecule has 1 spiro atoms. The highest BCUT2D eigenvalue weighted by Crippen LogP contribution is 2.42. The molecule has 1 unspecified atom stereocenters. The fraction of sp³-hybridized carbons (Fsp3) is 1.00. The van der Waals surface area contributed by atoms with Gasteiger partial charge < -0.3 is 15.2 Å². The molecular weight excluding hydrogens is 166 g/mol. The normalized spacial score (nSPS) is 33.0. The van der Waals surface area contributed by atoms with Gasteiger partial charge in [-0.25, -0.2) is 0 Å². The molecule has 2 N–H and O–H groups in total. The van der Waals surface area contributed by atoms with Crippen molar-refractivity contribution in [2.75, 3.05) is 19.8 Å². The van der Waals surface area contributed by atoms with Gasteiger partial charge in [-0.2, -0.15) is 0 Å². The summed E-state index contributed by atoms with van der Waals surface area (Å²) in [5, 5.41) is 0. The summed E-state index contributed by atoms with van der Waals surface area (Å²) in [6, 6.07) is 0. The maximum Gasteiger partial charge on any atom is 0.0939 e. The van der Waals surface area contributed by atoms with Gasteiger partial charge in [-0.3, -0.25) is 0 Å². The molecule has 2 aliphatic rings. The molecule has 66 valence electrons. The van der Waals surface area contributed by atoms with E-state index in [1.54, 1.807) is 0 Å². The van der Waals surface area contributed by atoms with E-state index in [9.17, 15) is 0 Å². The number of nitrogens with two attached hydrogens (primary N) is 1. The average molecular weight is 180 g/mol. The molecule has 0 aromatic heterocycles. The molecule has 1 aliphatic carbocycles. The van der Waals surface area contributed by atoms with Gasteiger partial charge >= 0.3 is 0 Å². The second kappa shape index (κ2) is 3.27. The highest BCUT2D eigenvalue weighted by Gasteiger charge is 2.48. The highest BCUT2D eigenvalue weighted by molar-refractivity contribution is 5.85. The highest BCUT2D eigenvalue weighted by atomic mass is 35.5. The molecule has 1 aliphatic heterocycles. The SMILES string of the molecule is Cl.NCC1COCC2(CC2)O1. The Morgan fingerprint density at radius 1 is 1.45 bits per heavy atom. The molecule has 0 aromatic rings. The van der Waals surface area contributed by atoms with Crippen LogP contribution in [0, 0.1) is 0 Å². The first-order chi connectivity index (χ1) is 4.85. The third-order valence-electron chi connectivity index (χ3n) is 2.16. The minimum Gasteiger partial charge on any atom is -0.376 e. The molecule has 1 saturated heterocycles. The van der Waals surface area contributed by atoms with E-state index in [0.717, 1.165) is 19.4 Å². The zero-order valence-corrected chi connectivity index (χ0v) is 7.23. The quantitative estimate of drug-likeness (QED) is 0.631. The second-order valence-corrected chi connectivity index (χ2v) is 3.17. The zero-order chi connectivity index (χ0) is 7.03. The van der Waals surface area contributed by atoms with Crippen LogP contribution >= 0.6 is 12.4 Å². The van der Waals surface area contributed by atoms with Gasteiger partial charge in [0.25, 0.3) is 0 Å². The summed E-state index contributed by atoms with van der Waals surface area (Å²) < 4.78 is 11.0. The van der Waals surface area contributed by atoms with Crippen molar-refractivity contribution in [1.29, 1.82) is 0 Å². The molecule has 2 fully saturated rings. The van der Waals surface area contributed by atoms with Crippen LogP contribution < -0.4 is 5.73 Å². The molecule has 11 heavy (non-hydrogen) atoms. The number of hydrogen-bond donors (Lipinski definition) is 1. The monoisotopic (exact) mass is 179 g/mol. The minimum atomic E-state index is 0. The number of ether oxygens (including phenoxy) is 2. The largest absolute Gasteiger partial charge is 0.376 e. The summed E-state index contributed by atoms with van der Waals surface area (Å²) in [5.74, 6) is 0. The first kappa shape index (κ1) is 9.26. The average Bonchev–Trinajstić information content (AvgIpc) is 2.70. The lowest BCUT2D eigenvalue weighted by atomic mass is 10.3. The number of rotatable bonds is 1. The molecule has 0 bridgehead atoms. The summed E-state index contributed by atoms with van der Waals surface area (Å²) in [5.41, 5.74) is 5.55. The third kappa shape index (κ3) is 1.85. The molecule has 0 aromatic carbocycles. The van der Waals surface area contributed by atoms with E-state index in [1.807, 2.05) is 0 Å². The van der Waals surface area contributed by atoms with Crippen molar-refractivity contribution in [3.63, 3.8) is 0 Å². The number of hydrogen-bond acceptors (Lipinski definition) is 3. The van der Waals surface area contributed by atoms with E-state index in [4.69, 9.17) is 15.2 Å². The van der Waals surface area contributed by atoms with Gasteiger partial charge in [0.15, 0.2) is 0 Å². The summed E-state index contributed by atoms with van der Waals surface area (Å²) in [6.45, 7) is 2.05. The fourth-order valence-corrected chi connectivity index (χ4v) is 1.32. The van der Waals surface area contributed by atoms with E-state index in [0.29, 0.717) is 13.2 Å². The topological polar surface area (TPSA) is 44.5 Å². The van der Waals surface area contributed by atoms with Crippen LogP contribution in [0.25, 0.3) is 0 Å². The Morgan fingerprint density at radius 3 is 2.73 bits per heavy atom. The minimum absolute atomic E-state index is 0. The Bertz CT molecular complexity index is 138. The van der Waals surface area contributed by atoms with Crippen molar-refractivity contribution in [1.82, 2.24) is 0 Å². The van der Waals surface area contributed by atoms with Crippen LogP contribution in [0.2, 0.25) is 0 Å². The first-order valence-electron chi connectivity index (χ1n) is 3.80. The van der Waals surface area contributed by atoms with Crippen molar-refractivity contribution in [2.45, 2.75) is 24.5 Å². The van der Waals surface area contributed by atoms with Crippen molar-refractivity contribution in [3.8, 4) is 0 Å². The molecular formula is C7H14ClNO2. The molecule has 1 heterocycles. The van der Waals surface area contributed by atoms with Crippen LogP contribution in [0.4, 0.5) is 0 Å². The number of halogens is 1. The van der Waals surface area contributed by atoms with Crippen LogP contribution in [0.1, 0.15) is 12.8 Å². The molecule has 1 saturated carbocycles. The first-order valence-corrected chi connectivity index (χ1v) is 3.80. The van der Waals surface area contributed by atoms with Crippen LogP contribution in [0.3, 0.4) is 0 Å². The molecule has 2 rings (SSSR count). The van der Waals surface area contributed by atoms with Crippen LogP contribution in [0.15, 0.2) is 0 Å². The Balaban J connectivity index is 0.000000605. The van der Waals surface area contributed by atoms with Crippen molar-refractivity contribution >= 4 is 12.4 Å². The lowest BCUT2D eigenvalue weighted by Gasteiger charge is -2.29. The van der Waals surface area contributed by atoms with Gasteiger partial charge in [-0.15, -0.1) is 12.4 Å². The lowest BCUT2D eigenvalue weighted by Crippen LogP contribution is -2.41. The van der Waals surface area contributed by atoms with Gasteiger partial charge in [-0.1, -0.05) is 0 Å². The van der Waals surface area contributed by atoms with Crippen LogP contribution in [0.5, 0.6) is 0 Å². The predicted molar refractivity (Wildman–Crippen MR) is 44.0 cm³/mol. The van der Waals surface area contributed by atoms with E-state index >= 15 is 0 Å². The maximum absolute atomic E-state index is 5.68. The smallest absolute Gasteiger partial charge is 0.0939 e. The standard InChI is InChI=1S/C7H13NO2.ClH/c8-3-6-4-9-5-7(10-6)1-2-7;/h6H,1-5,8H2;1H. The third-order valence-corrected chi connectivity index (χ3v) is 2.16.